The highest BCUT2D eigenvalue weighted by Crippen LogP contribution is 2.31. The number of nitrogens with one attached hydrogen (secondary N) is 1. The Morgan fingerprint density at radius 1 is 1.22 bits per heavy atom. The maximum Gasteiger partial charge on any atom is 0.416 e. The second-order valence-corrected chi connectivity index (χ2v) is 8.33. The normalized spacial score (nSPS) is 11.7. The van der Waals surface area contributed by atoms with Crippen molar-refractivity contribution in [2.45, 2.75) is 25.9 Å². The molecule has 1 N–H and O–H groups in total. The van der Waals surface area contributed by atoms with Crippen LogP contribution in [0.1, 0.15) is 27.4 Å². The fraction of sp³-hybridized carbons (Fsp3) is 0.217. The Bertz CT molecular complexity index is 1280. The lowest BCUT2D eigenvalue weighted by atomic mass is 10.1. The predicted octanol–water partition coefficient (Wildman–Crippen LogP) is 6.00. The zero-order valence-corrected chi connectivity index (χ0v) is 18.1. The molecule has 0 aliphatic rings. The van der Waals surface area contributed by atoms with E-state index in [1.54, 1.807) is 38.5 Å². The number of amides is 1. The summed E-state index contributed by atoms with van der Waals surface area (Å²) < 4.78 is 49.5. The summed E-state index contributed by atoms with van der Waals surface area (Å²) in [6.07, 6.45) is -2.49. The molecular formula is C23H19F3N2O3S. The van der Waals surface area contributed by atoms with Crippen molar-refractivity contribution in [2.75, 3.05) is 12.4 Å². The predicted molar refractivity (Wildman–Crippen MR) is 116 cm³/mol. The SMILES string of the molecule is COc1ccc2c(CC(=O)Nc3sc(Cc4cccc(C(F)(F)F)c4)nc3C)coc2c1. The minimum absolute atomic E-state index is 0.111. The molecule has 9 heteroatoms. The van der Waals surface area contributed by atoms with Gasteiger partial charge in [-0.05, 0) is 30.7 Å². The fourth-order valence-electron chi connectivity index (χ4n) is 3.35. The first-order chi connectivity index (χ1) is 15.2. The Morgan fingerprint density at radius 2 is 2.03 bits per heavy atom. The number of fused-ring (bicyclic) bond motifs is 1. The summed E-state index contributed by atoms with van der Waals surface area (Å²) in [5.74, 6) is 0.428. The van der Waals surface area contributed by atoms with Crippen molar-refractivity contribution < 1.29 is 27.1 Å². The van der Waals surface area contributed by atoms with Gasteiger partial charge in [-0.15, -0.1) is 11.3 Å². The molecule has 4 aromatic rings. The molecule has 0 fully saturated rings. The zero-order chi connectivity index (χ0) is 22.9. The molecule has 32 heavy (non-hydrogen) atoms. The average Bonchev–Trinajstić information content (AvgIpc) is 3.30. The monoisotopic (exact) mass is 460 g/mol. The number of carbonyl (C=O) groups excluding carboxylic acids is 1. The smallest absolute Gasteiger partial charge is 0.416 e. The van der Waals surface area contributed by atoms with Gasteiger partial charge in [-0.3, -0.25) is 4.79 Å². The highest BCUT2D eigenvalue weighted by atomic mass is 32.1. The topological polar surface area (TPSA) is 64.4 Å². The van der Waals surface area contributed by atoms with E-state index in [-0.39, 0.29) is 18.7 Å². The molecule has 0 spiro atoms. The fourth-order valence-corrected chi connectivity index (χ4v) is 4.36. The van der Waals surface area contributed by atoms with Crippen molar-refractivity contribution >= 4 is 33.2 Å². The Balaban J connectivity index is 1.45. The molecule has 0 aliphatic heterocycles. The van der Waals surface area contributed by atoms with Crippen molar-refractivity contribution in [2.24, 2.45) is 0 Å². The Morgan fingerprint density at radius 3 is 2.78 bits per heavy atom. The summed E-state index contributed by atoms with van der Waals surface area (Å²) in [5.41, 5.74) is 1.80. The Hall–Kier alpha value is -3.33. The summed E-state index contributed by atoms with van der Waals surface area (Å²) in [6, 6.07) is 10.6. The van der Waals surface area contributed by atoms with E-state index in [1.807, 2.05) is 6.07 Å². The first-order valence-corrected chi connectivity index (χ1v) is 10.5. The number of halogens is 3. The number of rotatable bonds is 6. The second-order valence-electron chi connectivity index (χ2n) is 7.25. The van der Waals surface area contributed by atoms with E-state index >= 15 is 0 Å². The number of alkyl halides is 3. The maximum atomic E-state index is 12.9. The van der Waals surface area contributed by atoms with E-state index < -0.39 is 11.7 Å². The van der Waals surface area contributed by atoms with Gasteiger partial charge in [-0.2, -0.15) is 13.2 Å². The van der Waals surface area contributed by atoms with Crippen molar-refractivity contribution in [3.05, 3.63) is 76.1 Å². The van der Waals surface area contributed by atoms with Crippen molar-refractivity contribution in [1.82, 2.24) is 4.98 Å². The van der Waals surface area contributed by atoms with E-state index in [1.165, 1.54) is 17.4 Å². The minimum atomic E-state index is -4.39. The van der Waals surface area contributed by atoms with Crippen molar-refractivity contribution in [3.63, 3.8) is 0 Å². The maximum absolute atomic E-state index is 12.9. The third-order valence-corrected chi connectivity index (χ3v) is 5.99. The first kappa shape index (κ1) is 21.9. The summed E-state index contributed by atoms with van der Waals surface area (Å²) in [5, 5.41) is 4.87. The molecule has 1 amide bonds. The number of hydrogen-bond acceptors (Lipinski definition) is 5. The van der Waals surface area contributed by atoms with Gasteiger partial charge in [0.05, 0.1) is 36.1 Å². The number of furan rings is 1. The van der Waals surface area contributed by atoms with Crippen LogP contribution in [0.4, 0.5) is 18.2 Å². The summed E-state index contributed by atoms with van der Waals surface area (Å²) >= 11 is 1.25. The number of ether oxygens (including phenoxy) is 1. The standard InChI is InChI=1S/C23H19F3N2O3S/c1-13-22(32-21(27-13)9-14-4-3-5-16(8-14)23(24,25)26)28-20(29)10-15-12-31-19-11-17(30-2)6-7-18(15)19/h3-8,11-12H,9-10H2,1-2H3,(H,28,29). The van der Waals surface area contributed by atoms with Crippen molar-refractivity contribution in [3.8, 4) is 5.75 Å². The molecule has 0 atom stereocenters. The van der Waals surface area contributed by atoms with E-state index in [0.717, 1.165) is 23.1 Å². The Kier molecular flexibility index (Phi) is 5.92. The molecule has 166 valence electrons. The largest absolute Gasteiger partial charge is 0.497 e. The third kappa shape index (κ3) is 4.77. The molecule has 5 nitrogen and oxygen atoms in total. The lowest BCUT2D eigenvalue weighted by Gasteiger charge is -2.07. The van der Waals surface area contributed by atoms with Crippen LogP contribution in [-0.4, -0.2) is 18.0 Å². The molecule has 4 rings (SSSR count). The van der Waals surface area contributed by atoms with Gasteiger partial charge in [-0.1, -0.05) is 18.2 Å². The van der Waals surface area contributed by atoms with Gasteiger partial charge in [0.2, 0.25) is 5.91 Å². The molecule has 2 heterocycles. The molecular weight excluding hydrogens is 441 g/mol. The number of anilines is 1. The van der Waals surface area contributed by atoms with Gasteiger partial charge in [-0.25, -0.2) is 4.98 Å². The van der Waals surface area contributed by atoms with Crippen LogP contribution in [0.25, 0.3) is 11.0 Å². The molecule has 2 aromatic heterocycles. The number of carbonyl (C=O) groups is 1. The van der Waals surface area contributed by atoms with Crippen LogP contribution in [0.5, 0.6) is 5.75 Å². The molecule has 0 aliphatic carbocycles. The lowest BCUT2D eigenvalue weighted by molar-refractivity contribution is -0.137. The number of hydrogen-bond donors (Lipinski definition) is 1. The van der Waals surface area contributed by atoms with Gasteiger partial charge < -0.3 is 14.5 Å². The van der Waals surface area contributed by atoms with Crippen LogP contribution in [-0.2, 0) is 23.8 Å². The molecule has 0 saturated heterocycles. The zero-order valence-electron chi connectivity index (χ0n) is 17.2. The van der Waals surface area contributed by atoms with Gasteiger partial charge >= 0.3 is 6.18 Å². The summed E-state index contributed by atoms with van der Waals surface area (Å²) in [6.45, 7) is 1.75. The van der Waals surface area contributed by atoms with Crippen LogP contribution < -0.4 is 10.1 Å². The van der Waals surface area contributed by atoms with Crippen LogP contribution in [0, 0.1) is 6.92 Å². The second kappa shape index (κ2) is 8.66. The van der Waals surface area contributed by atoms with Crippen LogP contribution >= 0.6 is 11.3 Å². The quantitative estimate of drug-likeness (QED) is 0.384. The number of aryl methyl sites for hydroxylation is 1. The van der Waals surface area contributed by atoms with Crippen LogP contribution in [0.2, 0.25) is 0 Å². The minimum Gasteiger partial charge on any atom is -0.497 e. The number of thiazole rings is 1. The molecule has 0 saturated carbocycles. The van der Waals surface area contributed by atoms with E-state index in [4.69, 9.17) is 9.15 Å². The molecule has 2 aromatic carbocycles. The number of benzene rings is 2. The number of aromatic nitrogens is 1. The first-order valence-electron chi connectivity index (χ1n) is 9.69. The third-order valence-electron chi connectivity index (χ3n) is 4.92. The molecule has 0 bridgehead atoms. The van der Waals surface area contributed by atoms with E-state index in [2.05, 4.69) is 10.3 Å². The van der Waals surface area contributed by atoms with Crippen LogP contribution in [0.3, 0.4) is 0 Å². The van der Waals surface area contributed by atoms with Crippen LogP contribution in [0.15, 0.2) is 53.1 Å². The van der Waals surface area contributed by atoms with Gasteiger partial charge in [0.1, 0.15) is 16.3 Å². The van der Waals surface area contributed by atoms with Crippen molar-refractivity contribution in [1.29, 1.82) is 0 Å². The Labute approximate surface area is 185 Å². The average molecular weight is 460 g/mol. The number of methoxy groups -OCH3 is 1. The van der Waals surface area contributed by atoms with Gasteiger partial charge in [0.15, 0.2) is 0 Å². The number of nitrogens with zero attached hydrogens (tertiary/aromatic N) is 1. The van der Waals surface area contributed by atoms with Gasteiger partial charge in [0.25, 0.3) is 0 Å². The summed E-state index contributed by atoms with van der Waals surface area (Å²) in [4.78, 5) is 17.0. The molecule has 0 unspecified atom stereocenters. The van der Waals surface area contributed by atoms with E-state index in [9.17, 15) is 18.0 Å². The highest BCUT2D eigenvalue weighted by Gasteiger charge is 2.30. The highest BCUT2D eigenvalue weighted by molar-refractivity contribution is 7.16. The summed E-state index contributed by atoms with van der Waals surface area (Å²) in [7, 11) is 1.57. The van der Waals surface area contributed by atoms with Gasteiger partial charge in [0, 0.05) is 23.4 Å². The van der Waals surface area contributed by atoms with E-state index in [0.29, 0.717) is 32.6 Å². The lowest BCUT2D eigenvalue weighted by Crippen LogP contribution is -2.13. The molecule has 0 radical (unpaired) electrons.